The Morgan fingerprint density at radius 3 is 2.68 bits per heavy atom. The van der Waals surface area contributed by atoms with Crippen molar-refractivity contribution < 1.29 is 0 Å². The third-order valence-electron chi connectivity index (χ3n) is 7.99. The first-order valence-electron chi connectivity index (χ1n) is 8.78. The SMILES string of the molecule is C[C@]12CCC[C@@H]1[C@@H]1CC[C@H]3CC=CC[C@@]3(C)[C@H]1CC2. The summed E-state index contributed by atoms with van der Waals surface area (Å²) < 4.78 is 0. The average molecular weight is 258 g/mol. The van der Waals surface area contributed by atoms with Gasteiger partial charge in [0.1, 0.15) is 0 Å². The maximum Gasteiger partial charge on any atom is -0.0229 e. The molecule has 6 atom stereocenters. The first-order valence-corrected chi connectivity index (χ1v) is 8.78. The molecule has 4 aliphatic carbocycles. The highest BCUT2D eigenvalue weighted by molar-refractivity contribution is 5.10. The zero-order chi connectivity index (χ0) is 13.1. The average Bonchev–Trinajstić information content (AvgIpc) is 2.79. The predicted molar refractivity (Wildman–Crippen MR) is 80.9 cm³/mol. The van der Waals surface area contributed by atoms with E-state index in [1.54, 1.807) is 19.3 Å². The summed E-state index contributed by atoms with van der Waals surface area (Å²) in [7, 11) is 0. The first kappa shape index (κ1) is 12.5. The summed E-state index contributed by atoms with van der Waals surface area (Å²) in [5.41, 5.74) is 1.39. The second kappa shape index (κ2) is 4.12. The molecule has 3 saturated carbocycles. The van der Waals surface area contributed by atoms with E-state index in [9.17, 15) is 0 Å². The van der Waals surface area contributed by atoms with Crippen molar-refractivity contribution in [1.29, 1.82) is 0 Å². The lowest BCUT2D eigenvalue weighted by atomic mass is 9.46. The monoisotopic (exact) mass is 258 g/mol. The minimum Gasteiger partial charge on any atom is -0.0882 e. The van der Waals surface area contributed by atoms with Gasteiger partial charge < -0.3 is 0 Å². The standard InChI is InChI=1S/C19H30/c1-18-11-5-7-16(18)15-9-8-14-6-3-4-12-19(14,2)17(15)10-13-18/h3-4,14-17H,5-13H2,1-2H3/t14-,15+,16-,17+,18-,19-/m1/s1. The van der Waals surface area contributed by atoms with Crippen LogP contribution in [0.2, 0.25) is 0 Å². The van der Waals surface area contributed by atoms with Gasteiger partial charge in [0.15, 0.2) is 0 Å². The number of allylic oxidation sites excluding steroid dienone is 2. The largest absolute Gasteiger partial charge is 0.0882 e. The molecule has 3 fully saturated rings. The second-order valence-corrected chi connectivity index (χ2v) is 8.65. The van der Waals surface area contributed by atoms with Gasteiger partial charge in [-0.05, 0) is 85.9 Å². The lowest BCUT2D eigenvalue weighted by Crippen LogP contribution is -2.51. The second-order valence-electron chi connectivity index (χ2n) is 8.65. The number of hydrogen-bond acceptors (Lipinski definition) is 0. The van der Waals surface area contributed by atoms with Crippen molar-refractivity contribution in [2.75, 3.05) is 0 Å². The Balaban J connectivity index is 1.67. The molecule has 0 spiro atoms. The van der Waals surface area contributed by atoms with Crippen LogP contribution in [0, 0.1) is 34.5 Å². The molecular formula is C19H30. The molecule has 4 rings (SSSR count). The maximum atomic E-state index is 2.65. The van der Waals surface area contributed by atoms with E-state index in [0.717, 1.165) is 29.1 Å². The molecule has 0 heterocycles. The lowest BCUT2D eigenvalue weighted by Gasteiger charge is -2.59. The molecule has 0 saturated heterocycles. The van der Waals surface area contributed by atoms with Crippen molar-refractivity contribution >= 4 is 0 Å². The summed E-state index contributed by atoms with van der Waals surface area (Å²) in [6, 6.07) is 0. The van der Waals surface area contributed by atoms with E-state index in [1.165, 1.54) is 38.5 Å². The molecule has 19 heavy (non-hydrogen) atoms. The minimum absolute atomic E-state index is 0.654. The minimum atomic E-state index is 0.654. The van der Waals surface area contributed by atoms with Gasteiger partial charge in [0.25, 0.3) is 0 Å². The Bertz CT molecular complexity index is 395. The molecule has 0 aromatic carbocycles. The van der Waals surface area contributed by atoms with Crippen LogP contribution in [0.25, 0.3) is 0 Å². The van der Waals surface area contributed by atoms with E-state index in [0.29, 0.717) is 5.41 Å². The molecule has 0 amide bonds. The van der Waals surface area contributed by atoms with Crippen LogP contribution < -0.4 is 0 Å². The zero-order valence-corrected chi connectivity index (χ0v) is 12.8. The van der Waals surface area contributed by atoms with Crippen LogP contribution in [-0.4, -0.2) is 0 Å². The van der Waals surface area contributed by atoms with Gasteiger partial charge in [-0.15, -0.1) is 0 Å². The smallest absolute Gasteiger partial charge is 0.0229 e. The molecule has 0 radical (unpaired) electrons. The van der Waals surface area contributed by atoms with Crippen LogP contribution in [0.15, 0.2) is 12.2 Å². The Hall–Kier alpha value is -0.260. The van der Waals surface area contributed by atoms with Crippen molar-refractivity contribution in [3.63, 3.8) is 0 Å². The zero-order valence-electron chi connectivity index (χ0n) is 12.8. The van der Waals surface area contributed by atoms with Crippen molar-refractivity contribution in [2.45, 2.75) is 71.6 Å². The molecule has 4 aliphatic rings. The summed E-state index contributed by atoms with van der Waals surface area (Å²) in [4.78, 5) is 0. The summed E-state index contributed by atoms with van der Waals surface area (Å²) in [6.45, 7) is 5.27. The summed E-state index contributed by atoms with van der Waals surface area (Å²) >= 11 is 0. The van der Waals surface area contributed by atoms with Crippen molar-refractivity contribution in [1.82, 2.24) is 0 Å². The van der Waals surface area contributed by atoms with Crippen molar-refractivity contribution in [3.05, 3.63) is 12.2 Å². The third kappa shape index (κ3) is 1.64. The molecule has 0 heteroatoms. The summed E-state index contributed by atoms with van der Waals surface area (Å²) in [5.74, 6) is 4.21. The Morgan fingerprint density at radius 1 is 0.895 bits per heavy atom. The van der Waals surface area contributed by atoms with E-state index in [1.807, 2.05) is 0 Å². The van der Waals surface area contributed by atoms with Gasteiger partial charge in [0.05, 0.1) is 0 Å². The van der Waals surface area contributed by atoms with Gasteiger partial charge in [-0.25, -0.2) is 0 Å². The number of rotatable bonds is 0. The predicted octanol–water partition coefficient (Wildman–Crippen LogP) is 5.59. The first-order chi connectivity index (χ1) is 9.13. The van der Waals surface area contributed by atoms with Crippen LogP contribution in [-0.2, 0) is 0 Å². The fraction of sp³-hybridized carbons (Fsp3) is 0.895. The fourth-order valence-corrected chi connectivity index (χ4v) is 6.83. The molecule has 106 valence electrons. The van der Waals surface area contributed by atoms with E-state index in [4.69, 9.17) is 0 Å². The van der Waals surface area contributed by atoms with Crippen LogP contribution in [0.1, 0.15) is 71.6 Å². The Morgan fingerprint density at radius 2 is 1.79 bits per heavy atom. The van der Waals surface area contributed by atoms with E-state index < -0.39 is 0 Å². The van der Waals surface area contributed by atoms with E-state index >= 15 is 0 Å². The highest BCUT2D eigenvalue weighted by Crippen LogP contribution is 2.65. The molecule has 0 N–H and O–H groups in total. The molecule has 0 aliphatic heterocycles. The molecule has 0 aromatic heterocycles. The highest BCUT2D eigenvalue weighted by atomic mass is 14.6. The maximum absolute atomic E-state index is 2.65. The third-order valence-corrected chi connectivity index (χ3v) is 7.99. The fourth-order valence-electron chi connectivity index (χ4n) is 6.83. The lowest BCUT2D eigenvalue weighted by molar-refractivity contribution is -0.0870. The van der Waals surface area contributed by atoms with Gasteiger partial charge in [-0.2, -0.15) is 0 Å². The molecule has 0 nitrogen and oxygen atoms in total. The normalized spacial score (nSPS) is 56.3. The van der Waals surface area contributed by atoms with Gasteiger partial charge in [-0.3, -0.25) is 0 Å². The van der Waals surface area contributed by atoms with Crippen LogP contribution >= 0.6 is 0 Å². The van der Waals surface area contributed by atoms with Gasteiger partial charge in [-0.1, -0.05) is 32.4 Å². The van der Waals surface area contributed by atoms with Crippen LogP contribution in [0.3, 0.4) is 0 Å². The van der Waals surface area contributed by atoms with E-state index in [-0.39, 0.29) is 0 Å². The van der Waals surface area contributed by atoms with Gasteiger partial charge >= 0.3 is 0 Å². The van der Waals surface area contributed by atoms with E-state index in [2.05, 4.69) is 26.0 Å². The molecular weight excluding hydrogens is 228 g/mol. The van der Waals surface area contributed by atoms with Crippen LogP contribution in [0.5, 0.6) is 0 Å². The number of fused-ring (bicyclic) bond motifs is 5. The molecule has 0 aromatic rings. The van der Waals surface area contributed by atoms with Gasteiger partial charge in [0, 0.05) is 0 Å². The van der Waals surface area contributed by atoms with Gasteiger partial charge in [0.2, 0.25) is 0 Å². The summed E-state index contributed by atoms with van der Waals surface area (Å²) in [5, 5.41) is 0. The molecule has 0 bridgehead atoms. The van der Waals surface area contributed by atoms with Crippen molar-refractivity contribution in [2.24, 2.45) is 34.5 Å². The number of hydrogen-bond donors (Lipinski definition) is 0. The Kier molecular flexibility index (Phi) is 2.71. The molecule has 0 unspecified atom stereocenters. The van der Waals surface area contributed by atoms with Crippen LogP contribution in [0.4, 0.5) is 0 Å². The van der Waals surface area contributed by atoms with Crippen molar-refractivity contribution in [3.8, 4) is 0 Å². The summed E-state index contributed by atoms with van der Waals surface area (Å²) in [6.07, 6.45) is 18.5. The highest BCUT2D eigenvalue weighted by Gasteiger charge is 2.56. The topological polar surface area (TPSA) is 0 Å². The quantitative estimate of drug-likeness (QED) is 0.497. The Labute approximate surface area is 119 Å².